The van der Waals surface area contributed by atoms with Crippen LogP contribution in [0.25, 0.3) is 0 Å². The van der Waals surface area contributed by atoms with Crippen LogP contribution in [0.5, 0.6) is 5.75 Å². The maximum absolute atomic E-state index is 12.3. The molecule has 23 heavy (non-hydrogen) atoms. The van der Waals surface area contributed by atoms with E-state index in [0.29, 0.717) is 24.5 Å². The third-order valence-electron chi connectivity index (χ3n) is 3.52. The Bertz CT molecular complexity index is 633. The number of benzene rings is 1. The minimum Gasteiger partial charge on any atom is -0.488 e. The highest BCUT2D eigenvalue weighted by Crippen LogP contribution is 2.21. The molecule has 1 aromatic heterocycles. The molecule has 0 unspecified atom stereocenters. The summed E-state index contributed by atoms with van der Waals surface area (Å²) >= 11 is 0. The molecule has 2 aromatic rings. The van der Waals surface area contributed by atoms with Crippen LogP contribution in [0.1, 0.15) is 34.3 Å². The molecule has 0 atom stereocenters. The number of hydrogen-bond acceptors (Lipinski definition) is 5. The van der Waals surface area contributed by atoms with Gasteiger partial charge in [-0.3, -0.25) is 4.79 Å². The van der Waals surface area contributed by atoms with Gasteiger partial charge < -0.3 is 19.9 Å². The van der Waals surface area contributed by atoms with E-state index in [-0.39, 0.29) is 5.91 Å². The minimum atomic E-state index is -0.141. The van der Waals surface area contributed by atoms with Crippen molar-refractivity contribution in [2.75, 3.05) is 19.6 Å². The molecule has 2 rings (SSSR count). The lowest BCUT2D eigenvalue weighted by Crippen LogP contribution is -2.31. The standard InChI is InChI=1S/C17H23N3O3/c1-4-18-9-10-19-17(21)14-7-5-6-8-16(14)22-11-15-12(2)20-23-13(15)3/h5-8,18H,4,9-11H2,1-3H3,(H,19,21). The summed E-state index contributed by atoms with van der Waals surface area (Å²) in [6.45, 7) is 8.26. The van der Waals surface area contributed by atoms with E-state index < -0.39 is 0 Å². The summed E-state index contributed by atoms with van der Waals surface area (Å²) in [6, 6.07) is 7.21. The highest BCUT2D eigenvalue weighted by molar-refractivity contribution is 5.96. The van der Waals surface area contributed by atoms with Gasteiger partial charge in [0.05, 0.1) is 16.8 Å². The van der Waals surface area contributed by atoms with Crippen LogP contribution in [0.3, 0.4) is 0 Å². The summed E-state index contributed by atoms with van der Waals surface area (Å²) in [5.41, 5.74) is 2.23. The maximum atomic E-state index is 12.3. The topological polar surface area (TPSA) is 76.4 Å². The molecular weight excluding hydrogens is 294 g/mol. The first-order valence-corrected chi connectivity index (χ1v) is 7.76. The minimum absolute atomic E-state index is 0.141. The van der Waals surface area contributed by atoms with E-state index in [4.69, 9.17) is 9.26 Å². The second-order valence-electron chi connectivity index (χ2n) is 5.20. The molecule has 0 spiro atoms. The number of carbonyl (C=O) groups excluding carboxylic acids is 1. The third-order valence-corrected chi connectivity index (χ3v) is 3.52. The van der Waals surface area contributed by atoms with E-state index in [1.54, 1.807) is 12.1 Å². The van der Waals surface area contributed by atoms with Crippen LogP contribution in [0.2, 0.25) is 0 Å². The molecule has 1 amide bonds. The molecule has 0 bridgehead atoms. The van der Waals surface area contributed by atoms with Crippen molar-refractivity contribution >= 4 is 5.91 Å². The van der Waals surface area contributed by atoms with Gasteiger partial charge in [-0.25, -0.2) is 0 Å². The van der Waals surface area contributed by atoms with Gasteiger partial charge in [-0.1, -0.05) is 24.2 Å². The zero-order valence-corrected chi connectivity index (χ0v) is 13.8. The molecule has 0 fully saturated rings. The van der Waals surface area contributed by atoms with Gasteiger partial charge >= 0.3 is 0 Å². The average molecular weight is 317 g/mol. The summed E-state index contributed by atoms with van der Waals surface area (Å²) < 4.78 is 10.9. The Morgan fingerprint density at radius 3 is 2.74 bits per heavy atom. The third kappa shape index (κ3) is 4.56. The van der Waals surface area contributed by atoms with Crippen molar-refractivity contribution in [1.82, 2.24) is 15.8 Å². The monoisotopic (exact) mass is 317 g/mol. The Kier molecular flexibility index (Phi) is 6.17. The number of aryl methyl sites for hydroxylation is 2. The van der Waals surface area contributed by atoms with Crippen molar-refractivity contribution in [3.8, 4) is 5.75 Å². The zero-order chi connectivity index (χ0) is 16.7. The van der Waals surface area contributed by atoms with Gasteiger partial charge in [0.15, 0.2) is 0 Å². The quantitative estimate of drug-likeness (QED) is 0.730. The number of aromatic nitrogens is 1. The van der Waals surface area contributed by atoms with Gasteiger partial charge in [-0.2, -0.15) is 0 Å². The molecule has 6 nitrogen and oxygen atoms in total. The number of carbonyl (C=O) groups is 1. The Balaban J connectivity index is 2.01. The number of rotatable bonds is 8. The Labute approximate surface area is 136 Å². The predicted molar refractivity (Wildman–Crippen MR) is 87.6 cm³/mol. The van der Waals surface area contributed by atoms with Crippen LogP contribution in [0, 0.1) is 13.8 Å². The molecule has 0 saturated heterocycles. The van der Waals surface area contributed by atoms with Gasteiger partial charge in [0.25, 0.3) is 5.91 Å². The first-order chi connectivity index (χ1) is 11.1. The van der Waals surface area contributed by atoms with Crippen molar-refractivity contribution in [3.63, 3.8) is 0 Å². The molecule has 0 aliphatic rings. The molecule has 6 heteroatoms. The summed E-state index contributed by atoms with van der Waals surface area (Å²) in [7, 11) is 0. The molecule has 0 aliphatic heterocycles. The van der Waals surface area contributed by atoms with Crippen molar-refractivity contribution in [1.29, 1.82) is 0 Å². The highest BCUT2D eigenvalue weighted by atomic mass is 16.5. The van der Waals surface area contributed by atoms with Gasteiger partial charge in [-0.05, 0) is 32.5 Å². The zero-order valence-electron chi connectivity index (χ0n) is 13.8. The van der Waals surface area contributed by atoms with Gasteiger partial charge in [0.2, 0.25) is 0 Å². The number of amides is 1. The van der Waals surface area contributed by atoms with Crippen LogP contribution < -0.4 is 15.4 Å². The Hall–Kier alpha value is -2.34. The summed E-state index contributed by atoms with van der Waals surface area (Å²) in [6.07, 6.45) is 0. The molecule has 0 aliphatic carbocycles. The van der Waals surface area contributed by atoms with Crippen LogP contribution in [0.4, 0.5) is 0 Å². The van der Waals surface area contributed by atoms with E-state index in [0.717, 1.165) is 30.1 Å². The van der Waals surface area contributed by atoms with Crippen LogP contribution >= 0.6 is 0 Å². The number of nitrogens with one attached hydrogen (secondary N) is 2. The van der Waals surface area contributed by atoms with Crippen LogP contribution in [-0.4, -0.2) is 30.7 Å². The lowest BCUT2D eigenvalue weighted by Gasteiger charge is -2.11. The number of nitrogens with zero attached hydrogens (tertiary/aromatic N) is 1. The Morgan fingerprint density at radius 2 is 2.04 bits per heavy atom. The number of likely N-dealkylation sites (N-methyl/N-ethyl adjacent to an activating group) is 1. The fraction of sp³-hybridized carbons (Fsp3) is 0.412. The van der Waals surface area contributed by atoms with Crippen LogP contribution in [-0.2, 0) is 6.61 Å². The van der Waals surface area contributed by atoms with E-state index in [1.165, 1.54) is 0 Å². The average Bonchev–Trinajstić information content (AvgIpc) is 2.88. The summed E-state index contributed by atoms with van der Waals surface area (Å²) in [5.74, 6) is 1.14. The lowest BCUT2D eigenvalue weighted by molar-refractivity contribution is 0.0949. The summed E-state index contributed by atoms with van der Waals surface area (Å²) in [4.78, 5) is 12.3. The molecular formula is C17H23N3O3. The highest BCUT2D eigenvalue weighted by Gasteiger charge is 2.14. The largest absolute Gasteiger partial charge is 0.488 e. The van der Waals surface area contributed by atoms with E-state index >= 15 is 0 Å². The predicted octanol–water partition coefficient (Wildman–Crippen LogP) is 2.21. The van der Waals surface area contributed by atoms with E-state index in [9.17, 15) is 4.79 Å². The fourth-order valence-corrected chi connectivity index (χ4v) is 2.17. The number of hydrogen-bond donors (Lipinski definition) is 2. The molecule has 0 saturated carbocycles. The SMILES string of the molecule is CCNCCNC(=O)c1ccccc1OCc1c(C)noc1C. The van der Waals surface area contributed by atoms with Gasteiger partial charge in [0.1, 0.15) is 18.1 Å². The first-order valence-electron chi connectivity index (χ1n) is 7.76. The summed E-state index contributed by atoms with van der Waals surface area (Å²) in [5, 5.41) is 9.94. The normalized spacial score (nSPS) is 10.6. The van der Waals surface area contributed by atoms with Crippen LogP contribution in [0.15, 0.2) is 28.8 Å². The molecule has 0 radical (unpaired) electrons. The number of para-hydroxylation sites is 1. The van der Waals surface area contributed by atoms with Crippen molar-refractivity contribution in [2.45, 2.75) is 27.4 Å². The van der Waals surface area contributed by atoms with Crippen molar-refractivity contribution in [3.05, 3.63) is 46.8 Å². The first kappa shape index (κ1) is 17.0. The van der Waals surface area contributed by atoms with Crippen molar-refractivity contribution in [2.24, 2.45) is 0 Å². The second-order valence-corrected chi connectivity index (χ2v) is 5.20. The molecule has 124 valence electrons. The number of ether oxygens (including phenoxy) is 1. The van der Waals surface area contributed by atoms with Gasteiger partial charge in [0, 0.05) is 13.1 Å². The molecule has 2 N–H and O–H groups in total. The van der Waals surface area contributed by atoms with E-state index in [2.05, 4.69) is 15.8 Å². The molecule has 1 heterocycles. The Morgan fingerprint density at radius 1 is 1.26 bits per heavy atom. The fourth-order valence-electron chi connectivity index (χ4n) is 2.17. The lowest BCUT2D eigenvalue weighted by atomic mass is 10.2. The smallest absolute Gasteiger partial charge is 0.255 e. The maximum Gasteiger partial charge on any atom is 0.255 e. The molecule has 1 aromatic carbocycles. The van der Waals surface area contributed by atoms with Crippen molar-refractivity contribution < 1.29 is 14.1 Å². The second kappa shape index (κ2) is 8.33. The van der Waals surface area contributed by atoms with Gasteiger partial charge in [-0.15, -0.1) is 0 Å². The van der Waals surface area contributed by atoms with E-state index in [1.807, 2.05) is 32.9 Å².